The lowest BCUT2D eigenvalue weighted by Gasteiger charge is -1.88. The molecule has 1 aromatic rings. The molecule has 1 rings (SSSR count). The summed E-state index contributed by atoms with van der Waals surface area (Å²) in [4.78, 5) is 4.99. The lowest BCUT2D eigenvalue weighted by Crippen LogP contribution is -1.79. The highest BCUT2D eigenvalue weighted by Gasteiger charge is 1.98. The number of aliphatic hydroxyl groups is 1. The summed E-state index contributed by atoms with van der Waals surface area (Å²) >= 11 is 1.47. The van der Waals surface area contributed by atoms with E-state index in [2.05, 4.69) is 4.98 Å². The third-order valence-corrected chi connectivity index (χ3v) is 1.98. The Morgan fingerprint density at radius 1 is 1.80 bits per heavy atom. The molecule has 0 aliphatic heterocycles. The molecule has 4 heteroatoms. The second-order valence-corrected chi connectivity index (χ2v) is 3.01. The van der Waals surface area contributed by atoms with E-state index in [4.69, 9.17) is 9.84 Å². The number of thiazole rings is 1. The monoisotopic (exact) mass is 159 g/mol. The Kier molecular flexibility index (Phi) is 2.80. The highest BCUT2D eigenvalue weighted by atomic mass is 32.1. The Morgan fingerprint density at radius 3 is 3.10 bits per heavy atom. The molecule has 0 spiro atoms. The largest absolute Gasteiger partial charge is 0.389 e. The van der Waals surface area contributed by atoms with Crippen molar-refractivity contribution in [2.45, 2.75) is 13.2 Å². The summed E-state index contributed by atoms with van der Waals surface area (Å²) in [5.74, 6) is 0. The number of ether oxygens (including phenoxy) is 1. The minimum Gasteiger partial charge on any atom is -0.389 e. The van der Waals surface area contributed by atoms with Crippen LogP contribution >= 0.6 is 11.3 Å². The molecular formula is C6H9NO2S. The van der Waals surface area contributed by atoms with Crippen molar-refractivity contribution >= 4 is 11.3 Å². The number of rotatable bonds is 3. The van der Waals surface area contributed by atoms with E-state index in [-0.39, 0.29) is 6.61 Å². The minimum atomic E-state index is 0.0222. The first-order valence-corrected chi connectivity index (χ1v) is 3.72. The van der Waals surface area contributed by atoms with Gasteiger partial charge in [-0.1, -0.05) is 0 Å². The molecule has 0 saturated carbocycles. The molecule has 0 fully saturated rings. The lowest BCUT2D eigenvalue weighted by atomic mass is 10.6. The van der Waals surface area contributed by atoms with Crippen LogP contribution in [0, 0.1) is 0 Å². The van der Waals surface area contributed by atoms with Gasteiger partial charge in [0.25, 0.3) is 0 Å². The molecule has 0 aromatic carbocycles. The van der Waals surface area contributed by atoms with Crippen LogP contribution in [-0.4, -0.2) is 17.2 Å². The molecule has 56 valence electrons. The maximum atomic E-state index is 8.63. The molecule has 0 aliphatic carbocycles. The zero-order chi connectivity index (χ0) is 7.40. The SMILES string of the molecule is COCc1cnc(CO)s1. The summed E-state index contributed by atoms with van der Waals surface area (Å²) in [7, 11) is 1.64. The lowest BCUT2D eigenvalue weighted by molar-refractivity contribution is 0.187. The van der Waals surface area contributed by atoms with Crippen molar-refractivity contribution in [2.75, 3.05) is 7.11 Å². The molecular weight excluding hydrogens is 150 g/mol. The number of hydrogen-bond acceptors (Lipinski definition) is 4. The summed E-state index contributed by atoms with van der Waals surface area (Å²) in [5, 5.41) is 9.37. The molecule has 0 atom stereocenters. The predicted molar refractivity (Wildman–Crippen MR) is 38.7 cm³/mol. The van der Waals surface area contributed by atoms with Crippen LogP contribution in [0.2, 0.25) is 0 Å². The molecule has 1 N–H and O–H groups in total. The zero-order valence-electron chi connectivity index (χ0n) is 5.70. The van der Waals surface area contributed by atoms with E-state index in [1.807, 2.05) is 0 Å². The van der Waals surface area contributed by atoms with Crippen molar-refractivity contribution < 1.29 is 9.84 Å². The summed E-state index contributed by atoms with van der Waals surface area (Å²) in [6.45, 7) is 0.603. The van der Waals surface area contributed by atoms with Crippen LogP contribution < -0.4 is 0 Å². The number of nitrogens with zero attached hydrogens (tertiary/aromatic N) is 1. The second-order valence-electron chi connectivity index (χ2n) is 1.81. The van der Waals surface area contributed by atoms with Crippen LogP contribution in [0.1, 0.15) is 9.88 Å². The first kappa shape index (κ1) is 7.65. The van der Waals surface area contributed by atoms with Crippen molar-refractivity contribution in [1.29, 1.82) is 0 Å². The topological polar surface area (TPSA) is 42.4 Å². The highest BCUT2D eigenvalue weighted by Crippen LogP contribution is 2.12. The fraction of sp³-hybridized carbons (Fsp3) is 0.500. The van der Waals surface area contributed by atoms with Gasteiger partial charge in [0.2, 0.25) is 0 Å². The van der Waals surface area contributed by atoms with Crippen molar-refractivity contribution in [2.24, 2.45) is 0 Å². The summed E-state index contributed by atoms with van der Waals surface area (Å²) < 4.78 is 4.87. The molecule has 3 nitrogen and oxygen atoms in total. The third kappa shape index (κ3) is 1.76. The van der Waals surface area contributed by atoms with Crippen molar-refractivity contribution in [3.05, 3.63) is 16.1 Å². The van der Waals surface area contributed by atoms with E-state index < -0.39 is 0 Å². The fourth-order valence-electron chi connectivity index (χ4n) is 0.630. The van der Waals surface area contributed by atoms with E-state index in [9.17, 15) is 0 Å². The van der Waals surface area contributed by atoms with Crippen LogP contribution in [0.3, 0.4) is 0 Å². The summed E-state index contributed by atoms with van der Waals surface area (Å²) in [6.07, 6.45) is 1.72. The molecule has 1 heterocycles. The summed E-state index contributed by atoms with van der Waals surface area (Å²) in [5.41, 5.74) is 0. The zero-order valence-corrected chi connectivity index (χ0v) is 6.52. The van der Waals surface area contributed by atoms with E-state index in [1.165, 1.54) is 11.3 Å². The number of methoxy groups -OCH3 is 1. The van der Waals surface area contributed by atoms with E-state index in [0.29, 0.717) is 6.61 Å². The van der Waals surface area contributed by atoms with Gasteiger partial charge in [-0.3, -0.25) is 0 Å². The number of aromatic nitrogens is 1. The molecule has 1 aromatic heterocycles. The average molecular weight is 159 g/mol. The third-order valence-electron chi connectivity index (χ3n) is 1.02. The Balaban J connectivity index is 2.59. The van der Waals surface area contributed by atoms with E-state index in [1.54, 1.807) is 13.3 Å². The van der Waals surface area contributed by atoms with Crippen LogP contribution in [0.25, 0.3) is 0 Å². The molecule has 0 saturated heterocycles. The Morgan fingerprint density at radius 2 is 2.60 bits per heavy atom. The van der Waals surface area contributed by atoms with Crippen LogP contribution in [0.4, 0.5) is 0 Å². The minimum absolute atomic E-state index is 0.0222. The van der Waals surface area contributed by atoms with Gasteiger partial charge in [0, 0.05) is 13.3 Å². The fourth-order valence-corrected chi connectivity index (χ4v) is 1.38. The highest BCUT2D eigenvalue weighted by molar-refractivity contribution is 7.11. The molecule has 0 aliphatic rings. The van der Waals surface area contributed by atoms with E-state index in [0.717, 1.165) is 9.88 Å². The van der Waals surface area contributed by atoms with Crippen LogP contribution in [0.5, 0.6) is 0 Å². The predicted octanol–water partition coefficient (Wildman–Crippen LogP) is 0.782. The summed E-state index contributed by atoms with van der Waals surface area (Å²) in [6, 6.07) is 0. The second kappa shape index (κ2) is 3.65. The normalized spacial score (nSPS) is 10.2. The van der Waals surface area contributed by atoms with Crippen LogP contribution in [0.15, 0.2) is 6.20 Å². The Labute approximate surface area is 63.3 Å². The van der Waals surface area contributed by atoms with Gasteiger partial charge < -0.3 is 9.84 Å². The van der Waals surface area contributed by atoms with Gasteiger partial charge in [-0.15, -0.1) is 11.3 Å². The van der Waals surface area contributed by atoms with Gasteiger partial charge in [-0.25, -0.2) is 4.98 Å². The van der Waals surface area contributed by atoms with Gasteiger partial charge in [0.05, 0.1) is 18.1 Å². The van der Waals surface area contributed by atoms with Gasteiger partial charge in [0.1, 0.15) is 5.01 Å². The van der Waals surface area contributed by atoms with Gasteiger partial charge in [-0.2, -0.15) is 0 Å². The van der Waals surface area contributed by atoms with E-state index >= 15 is 0 Å². The standard InChI is InChI=1S/C6H9NO2S/c1-9-4-5-2-7-6(3-8)10-5/h2,8H,3-4H2,1H3. The quantitative estimate of drug-likeness (QED) is 0.708. The molecule has 0 amide bonds. The molecule has 10 heavy (non-hydrogen) atoms. The molecule has 0 bridgehead atoms. The Hall–Kier alpha value is -0.450. The smallest absolute Gasteiger partial charge is 0.118 e. The number of hydrogen-bond donors (Lipinski definition) is 1. The van der Waals surface area contributed by atoms with Gasteiger partial charge in [0.15, 0.2) is 0 Å². The number of aliphatic hydroxyl groups excluding tert-OH is 1. The van der Waals surface area contributed by atoms with Crippen molar-refractivity contribution in [3.63, 3.8) is 0 Å². The first-order valence-electron chi connectivity index (χ1n) is 2.90. The van der Waals surface area contributed by atoms with Gasteiger partial charge >= 0.3 is 0 Å². The molecule has 0 radical (unpaired) electrons. The maximum Gasteiger partial charge on any atom is 0.118 e. The first-order chi connectivity index (χ1) is 4.86. The van der Waals surface area contributed by atoms with Gasteiger partial charge in [-0.05, 0) is 0 Å². The molecule has 0 unspecified atom stereocenters. The van der Waals surface area contributed by atoms with Crippen LogP contribution in [-0.2, 0) is 18.0 Å². The van der Waals surface area contributed by atoms with Crippen molar-refractivity contribution in [3.8, 4) is 0 Å². The van der Waals surface area contributed by atoms with Crippen molar-refractivity contribution in [1.82, 2.24) is 4.98 Å². The Bertz CT molecular complexity index is 199. The maximum absolute atomic E-state index is 8.63. The average Bonchev–Trinajstić information content (AvgIpc) is 2.37.